The molecule has 1 fully saturated rings. The van der Waals surface area contributed by atoms with Gasteiger partial charge in [0.25, 0.3) is 0 Å². The maximum atomic E-state index is 12.4. The van der Waals surface area contributed by atoms with Gasteiger partial charge in [-0.2, -0.15) is 0 Å². The van der Waals surface area contributed by atoms with Crippen LogP contribution >= 0.6 is 0 Å². The van der Waals surface area contributed by atoms with E-state index >= 15 is 0 Å². The highest BCUT2D eigenvalue weighted by molar-refractivity contribution is 5.76. The molecule has 0 bridgehead atoms. The van der Waals surface area contributed by atoms with Crippen molar-refractivity contribution >= 4 is 11.9 Å². The summed E-state index contributed by atoms with van der Waals surface area (Å²) in [5.41, 5.74) is 6.49. The Balaban J connectivity index is 1.82. The van der Waals surface area contributed by atoms with Gasteiger partial charge < -0.3 is 25.4 Å². The van der Waals surface area contributed by atoms with Crippen molar-refractivity contribution in [2.45, 2.75) is 77.0 Å². The number of nitrogens with two attached hydrogens (primary N) is 1. The Labute approximate surface area is 165 Å². The Morgan fingerprint density at radius 2 is 1.64 bits per heavy atom. The lowest BCUT2D eigenvalue weighted by Gasteiger charge is -2.24. The van der Waals surface area contributed by atoms with Crippen LogP contribution in [0, 0.1) is 5.92 Å². The van der Waals surface area contributed by atoms with E-state index in [-0.39, 0.29) is 29.8 Å². The van der Waals surface area contributed by atoms with Crippen LogP contribution in [0.2, 0.25) is 0 Å². The van der Waals surface area contributed by atoms with Gasteiger partial charge in [-0.05, 0) is 50.8 Å². The van der Waals surface area contributed by atoms with Crippen LogP contribution in [0.25, 0.3) is 0 Å². The van der Waals surface area contributed by atoms with Gasteiger partial charge in [0.1, 0.15) is 18.2 Å². The molecule has 1 aromatic carbocycles. The predicted octanol–water partition coefficient (Wildman–Crippen LogP) is 2.80. The van der Waals surface area contributed by atoms with Gasteiger partial charge in [0.15, 0.2) is 11.5 Å². The highest BCUT2D eigenvalue weighted by atomic mass is 16.6. The van der Waals surface area contributed by atoms with E-state index in [0.29, 0.717) is 5.56 Å². The third-order valence-corrected chi connectivity index (χ3v) is 5.25. The van der Waals surface area contributed by atoms with Gasteiger partial charge in [0.05, 0.1) is 5.92 Å². The van der Waals surface area contributed by atoms with Crippen LogP contribution in [0.4, 0.5) is 0 Å². The number of aromatic hydroxyl groups is 2. The molecule has 156 valence electrons. The zero-order valence-corrected chi connectivity index (χ0v) is 16.6. The third-order valence-electron chi connectivity index (χ3n) is 5.25. The predicted molar refractivity (Wildman–Crippen MR) is 104 cm³/mol. The smallest absolute Gasteiger partial charge is 0.323 e. The molecule has 0 radical (unpaired) electrons. The first-order valence-electron chi connectivity index (χ1n) is 9.95. The molecule has 4 N–H and O–H groups in total. The van der Waals surface area contributed by atoms with Crippen molar-refractivity contribution < 1.29 is 29.3 Å². The molecule has 1 saturated carbocycles. The molecule has 0 saturated heterocycles. The van der Waals surface area contributed by atoms with Gasteiger partial charge in [-0.15, -0.1) is 0 Å². The Bertz CT molecular complexity index is 669. The quantitative estimate of drug-likeness (QED) is 0.370. The molecule has 1 aliphatic carbocycles. The second kappa shape index (κ2) is 10.3. The van der Waals surface area contributed by atoms with Crippen LogP contribution in [-0.4, -0.2) is 40.4 Å². The van der Waals surface area contributed by atoms with Crippen molar-refractivity contribution in [3.8, 4) is 11.5 Å². The summed E-state index contributed by atoms with van der Waals surface area (Å²) in [7, 11) is 0. The third kappa shape index (κ3) is 6.41. The zero-order chi connectivity index (χ0) is 20.7. The number of rotatable bonds is 7. The summed E-state index contributed by atoms with van der Waals surface area (Å²) in [6.45, 7) is 3.37. The fourth-order valence-electron chi connectivity index (χ4n) is 3.29. The molecule has 0 aromatic heterocycles. The van der Waals surface area contributed by atoms with E-state index in [1.54, 1.807) is 19.9 Å². The van der Waals surface area contributed by atoms with E-state index in [2.05, 4.69) is 0 Å². The molecule has 0 heterocycles. The molecular weight excluding hydrogens is 362 g/mol. The maximum Gasteiger partial charge on any atom is 0.323 e. The van der Waals surface area contributed by atoms with Crippen LogP contribution in [-0.2, 0) is 25.5 Å². The second-order valence-corrected chi connectivity index (χ2v) is 7.61. The molecule has 1 aromatic rings. The van der Waals surface area contributed by atoms with Gasteiger partial charge in [0, 0.05) is 0 Å². The summed E-state index contributed by atoms with van der Waals surface area (Å²) in [6.07, 6.45) is 5.06. The fraction of sp³-hybridized carbons (Fsp3) is 0.619. The average molecular weight is 393 g/mol. The lowest BCUT2D eigenvalue weighted by molar-refractivity contribution is -0.169. The van der Waals surface area contributed by atoms with Crippen LogP contribution < -0.4 is 5.73 Å². The SMILES string of the molecule is C[C@H](OC(=O)C1CCCCCC1)[C@@H](C)OC(=O)[C@@H](N)Cc1ccc(O)c(O)c1. The first-order valence-corrected chi connectivity index (χ1v) is 9.95. The largest absolute Gasteiger partial charge is 0.504 e. The number of carbonyl (C=O) groups is 2. The Morgan fingerprint density at radius 3 is 2.25 bits per heavy atom. The lowest BCUT2D eigenvalue weighted by Crippen LogP contribution is -2.40. The molecule has 28 heavy (non-hydrogen) atoms. The van der Waals surface area contributed by atoms with E-state index < -0.39 is 24.2 Å². The van der Waals surface area contributed by atoms with Crippen LogP contribution in [0.3, 0.4) is 0 Å². The molecule has 0 aliphatic heterocycles. The van der Waals surface area contributed by atoms with Crippen molar-refractivity contribution in [3.63, 3.8) is 0 Å². The standard InChI is InChI=1S/C21H31NO6/c1-13(27-20(25)16-7-5-3-4-6-8-16)14(2)28-21(26)17(22)11-15-9-10-18(23)19(24)12-15/h9-10,12-14,16-17,23-24H,3-8,11,22H2,1-2H3/t13-,14+,17-/m0/s1. The Hall–Kier alpha value is -2.28. The Kier molecular flexibility index (Phi) is 8.11. The highest BCUT2D eigenvalue weighted by Crippen LogP contribution is 2.26. The number of carbonyl (C=O) groups excluding carboxylic acids is 2. The molecule has 0 spiro atoms. The molecule has 2 rings (SSSR count). The highest BCUT2D eigenvalue weighted by Gasteiger charge is 2.28. The minimum atomic E-state index is -0.934. The molecule has 7 nitrogen and oxygen atoms in total. The van der Waals surface area contributed by atoms with E-state index in [9.17, 15) is 19.8 Å². The van der Waals surface area contributed by atoms with Gasteiger partial charge in [-0.25, -0.2) is 0 Å². The van der Waals surface area contributed by atoms with Gasteiger partial charge in [-0.1, -0.05) is 31.7 Å². The summed E-state index contributed by atoms with van der Waals surface area (Å²) >= 11 is 0. The second-order valence-electron chi connectivity index (χ2n) is 7.61. The monoisotopic (exact) mass is 393 g/mol. The number of benzene rings is 1. The van der Waals surface area contributed by atoms with Crippen molar-refractivity contribution in [1.82, 2.24) is 0 Å². The summed E-state index contributed by atoms with van der Waals surface area (Å²) in [4.78, 5) is 24.6. The van der Waals surface area contributed by atoms with Crippen LogP contribution in [0.5, 0.6) is 11.5 Å². The van der Waals surface area contributed by atoms with Crippen LogP contribution in [0.1, 0.15) is 57.9 Å². The minimum Gasteiger partial charge on any atom is -0.504 e. The maximum absolute atomic E-state index is 12.4. The van der Waals surface area contributed by atoms with Crippen molar-refractivity contribution in [2.75, 3.05) is 0 Å². The van der Waals surface area contributed by atoms with E-state index in [1.807, 2.05) is 0 Å². The van der Waals surface area contributed by atoms with E-state index in [0.717, 1.165) is 38.5 Å². The molecule has 7 heteroatoms. The first kappa shape index (κ1) is 22.0. The molecule has 0 amide bonds. The van der Waals surface area contributed by atoms with Gasteiger partial charge >= 0.3 is 11.9 Å². The average Bonchev–Trinajstić information content (AvgIpc) is 2.94. The number of phenols is 2. The summed E-state index contributed by atoms with van der Waals surface area (Å²) in [5.74, 6) is -1.42. The summed E-state index contributed by atoms with van der Waals surface area (Å²) < 4.78 is 10.9. The van der Waals surface area contributed by atoms with E-state index in [4.69, 9.17) is 15.2 Å². The van der Waals surface area contributed by atoms with Gasteiger partial charge in [0.2, 0.25) is 0 Å². The van der Waals surface area contributed by atoms with Crippen molar-refractivity contribution in [3.05, 3.63) is 23.8 Å². The van der Waals surface area contributed by atoms with Crippen molar-refractivity contribution in [2.24, 2.45) is 11.7 Å². The van der Waals surface area contributed by atoms with Crippen molar-refractivity contribution in [1.29, 1.82) is 0 Å². The fourth-order valence-corrected chi connectivity index (χ4v) is 3.29. The number of esters is 2. The Morgan fingerprint density at radius 1 is 1.04 bits per heavy atom. The molecule has 0 unspecified atom stereocenters. The first-order chi connectivity index (χ1) is 13.3. The molecule has 1 aliphatic rings. The zero-order valence-electron chi connectivity index (χ0n) is 16.6. The molecule has 3 atom stereocenters. The van der Waals surface area contributed by atoms with Crippen LogP contribution in [0.15, 0.2) is 18.2 Å². The number of phenolic OH excluding ortho intramolecular Hbond substituents is 2. The summed E-state index contributed by atoms with van der Waals surface area (Å²) in [6, 6.07) is 3.32. The number of ether oxygens (including phenoxy) is 2. The van der Waals surface area contributed by atoms with Gasteiger partial charge in [-0.3, -0.25) is 9.59 Å². The lowest BCUT2D eigenvalue weighted by atomic mass is 10.0. The normalized spacial score (nSPS) is 18.5. The summed E-state index contributed by atoms with van der Waals surface area (Å²) in [5, 5.41) is 18.9. The molecular formula is C21H31NO6. The number of hydrogen-bond acceptors (Lipinski definition) is 7. The number of hydrogen-bond donors (Lipinski definition) is 3. The minimum absolute atomic E-state index is 0.0720. The topological polar surface area (TPSA) is 119 Å². The van der Waals surface area contributed by atoms with E-state index in [1.165, 1.54) is 12.1 Å².